The van der Waals surface area contributed by atoms with E-state index in [1.165, 1.54) is 24.3 Å². The predicted molar refractivity (Wildman–Crippen MR) is 102 cm³/mol. The lowest BCUT2D eigenvalue weighted by Gasteiger charge is -2.29. The maximum atomic E-state index is 12.6. The molecule has 0 bridgehead atoms. The van der Waals surface area contributed by atoms with E-state index in [1.54, 1.807) is 24.3 Å². The molecule has 0 saturated heterocycles. The SMILES string of the molecule is O=C(O)[C@H]1CCCC[C@@H]1NS(=O)(=O)c1ccc(Oc2ccccc2Cl)cc1. The van der Waals surface area contributed by atoms with Crippen molar-refractivity contribution in [3.05, 3.63) is 53.6 Å². The summed E-state index contributed by atoms with van der Waals surface area (Å²) in [6.45, 7) is 0. The second kappa shape index (κ2) is 8.29. The first kappa shape index (κ1) is 19.7. The number of carboxylic acids is 1. The van der Waals surface area contributed by atoms with Gasteiger partial charge in [0.15, 0.2) is 0 Å². The highest BCUT2D eigenvalue weighted by Crippen LogP contribution is 2.30. The van der Waals surface area contributed by atoms with Crippen LogP contribution in [0.5, 0.6) is 11.5 Å². The van der Waals surface area contributed by atoms with Crippen molar-refractivity contribution < 1.29 is 23.1 Å². The average molecular weight is 410 g/mol. The maximum Gasteiger partial charge on any atom is 0.308 e. The third-order valence-corrected chi connectivity index (χ3v) is 6.41. The Hall–Kier alpha value is -2.09. The molecule has 0 aliphatic heterocycles. The highest BCUT2D eigenvalue weighted by molar-refractivity contribution is 7.89. The molecule has 2 aromatic rings. The summed E-state index contributed by atoms with van der Waals surface area (Å²) >= 11 is 6.05. The fourth-order valence-electron chi connectivity index (χ4n) is 3.18. The minimum absolute atomic E-state index is 0.0590. The van der Waals surface area contributed by atoms with Gasteiger partial charge in [0.25, 0.3) is 0 Å². The van der Waals surface area contributed by atoms with Gasteiger partial charge in [-0.1, -0.05) is 36.6 Å². The number of nitrogens with one attached hydrogen (secondary N) is 1. The van der Waals surface area contributed by atoms with Crippen LogP contribution in [-0.4, -0.2) is 25.5 Å². The lowest BCUT2D eigenvalue weighted by molar-refractivity contribution is -0.143. The van der Waals surface area contributed by atoms with Gasteiger partial charge in [0.1, 0.15) is 11.5 Å². The van der Waals surface area contributed by atoms with Crippen LogP contribution in [0.4, 0.5) is 0 Å². The van der Waals surface area contributed by atoms with Crippen molar-refractivity contribution in [2.75, 3.05) is 0 Å². The summed E-state index contributed by atoms with van der Waals surface area (Å²) in [7, 11) is -3.82. The second-order valence-corrected chi connectivity index (χ2v) is 8.58. The third kappa shape index (κ3) is 4.80. The zero-order valence-electron chi connectivity index (χ0n) is 14.5. The van der Waals surface area contributed by atoms with E-state index < -0.39 is 28.0 Å². The molecule has 3 rings (SSSR count). The third-order valence-electron chi connectivity index (χ3n) is 4.59. The molecule has 1 saturated carbocycles. The summed E-state index contributed by atoms with van der Waals surface area (Å²) in [4.78, 5) is 11.4. The van der Waals surface area contributed by atoms with Gasteiger partial charge in [-0.3, -0.25) is 4.79 Å². The highest BCUT2D eigenvalue weighted by Gasteiger charge is 2.33. The van der Waals surface area contributed by atoms with Crippen molar-refractivity contribution in [2.24, 2.45) is 5.92 Å². The van der Waals surface area contributed by atoms with Crippen LogP contribution >= 0.6 is 11.6 Å². The van der Waals surface area contributed by atoms with Gasteiger partial charge in [0.2, 0.25) is 10.0 Å². The van der Waals surface area contributed by atoms with Crippen molar-refractivity contribution in [3.63, 3.8) is 0 Å². The van der Waals surface area contributed by atoms with Gasteiger partial charge >= 0.3 is 5.97 Å². The van der Waals surface area contributed by atoms with Gasteiger partial charge in [0, 0.05) is 6.04 Å². The number of halogens is 1. The van der Waals surface area contributed by atoms with E-state index >= 15 is 0 Å². The van der Waals surface area contributed by atoms with Crippen molar-refractivity contribution >= 4 is 27.6 Å². The molecular weight excluding hydrogens is 390 g/mol. The van der Waals surface area contributed by atoms with Crippen molar-refractivity contribution in [1.29, 1.82) is 0 Å². The van der Waals surface area contributed by atoms with Gasteiger partial charge < -0.3 is 9.84 Å². The van der Waals surface area contributed by atoms with Gasteiger partial charge in [-0.2, -0.15) is 0 Å². The summed E-state index contributed by atoms with van der Waals surface area (Å²) in [6.07, 6.45) is 2.60. The maximum absolute atomic E-state index is 12.6. The lowest BCUT2D eigenvalue weighted by atomic mass is 9.85. The molecular formula is C19H20ClNO5S. The summed E-state index contributed by atoms with van der Waals surface area (Å²) in [5.74, 6) is -0.746. The Morgan fingerprint density at radius 2 is 1.74 bits per heavy atom. The lowest BCUT2D eigenvalue weighted by Crippen LogP contribution is -2.44. The van der Waals surface area contributed by atoms with Crippen LogP contribution in [-0.2, 0) is 14.8 Å². The molecule has 2 atom stereocenters. The largest absolute Gasteiger partial charge is 0.481 e. The van der Waals surface area contributed by atoms with E-state index in [0.717, 1.165) is 12.8 Å². The highest BCUT2D eigenvalue weighted by atomic mass is 35.5. The number of sulfonamides is 1. The fourth-order valence-corrected chi connectivity index (χ4v) is 4.66. The average Bonchev–Trinajstić information content (AvgIpc) is 2.64. The van der Waals surface area contributed by atoms with Gasteiger partial charge in [-0.15, -0.1) is 0 Å². The van der Waals surface area contributed by atoms with E-state index in [-0.39, 0.29) is 4.90 Å². The zero-order valence-corrected chi connectivity index (χ0v) is 16.0. The minimum Gasteiger partial charge on any atom is -0.481 e. The molecule has 8 heteroatoms. The first-order valence-corrected chi connectivity index (χ1v) is 10.5. The minimum atomic E-state index is -3.82. The molecule has 2 aromatic carbocycles. The van der Waals surface area contributed by atoms with E-state index in [1.807, 2.05) is 0 Å². The van der Waals surface area contributed by atoms with Crippen LogP contribution < -0.4 is 9.46 Å². The fraction of sp³-hybridized carbons (Fsp3) is 0.316. The van der Waals surface area contributed by atoms with Crippen molar-refractivity contribution in [2.45, 2.75) is 36.6 Å². The normalized spacial score (nSPS) is 20.2. The van der Waals surface area contributed by atoms with E-state index in [0.29, 0.717) is 29.4 Å². The molecule has 6 nitrogen and oxygen atoms in total. The molecule has 0 spiro atoms. The van der Waals surface area contributed by atoms with Crippen LogP contribution in [0.15, 0.2) is 53.4 Å². The van der Waals surface area contributed by atoms with E-state index in [2.05, 4.69) is 4.72 Å². The number of carbonyl (C=O) groups is 1. The van der Waals surface area contributed by atoms with Gasteiger partial charge in [-0.25, -0.2) is 13.1 Å². The topological polar surface area (TPSA) is 92.7 Å². The summed E-state index contributed by atoms with van der Waals surface area (Å²) < 4.78 is 33.5. The Kier molecular flexibility index (Phi) is 6.04. The molecule has 1 aliphatic rings. The summed E-state index contributed by atoms with van der Waals surface area (Å²) in [5.41, 5.74) is 0. The molecule has 0 unspecified atom stereocenters. The molecule has 1 fully saturated rings. The predicted octanol–water partition coefficient (Wildman–Crippen LogP) is 4.05. The van der Waals surface area contributed by atoms with Crippen molar-refractivity contribution in [3.8, 4) is 11.5 Å². The first-order valence-electron chi connectivity index (χ1n) is 8.64. The van der Waals surface area contributed by atoms with E-state index in [9.17, 15) is 18.3 Å². The van der Waals surface area contributed by atoms with Crippen molar-refractivity contribution in [1.82, 2.24) is 4.72 Å². The molecule has 144 valence electrons. The number of hydrogen-bond donors (Lipinski definition) is 2. The molecule has 2 N–H and O–H groups in total. The molecule has 0 aromatic heterocycles. The summed E-state index contributed by atoms with van der Waals surface area (Å²) in [5, 5.41) is 9.76. The smallest absolute Gasteiger partial charge is 0.308 e. The Labute approximate surface area is 163 Å². The molecule has 1 aliphatic carbocycles. The van der Waals surface area contributed by atoms with Crippen LogP contribution in [0.25, 0.3) is 0 Å². The zero-order chi connectivity index (χ0) is 19.4. The summed E-state index contributed by atoms with van der Waals surface area (Å²) in [6, 6.07) is 12.3. The molecule has 0 heterocycles. The van der Waals surface area contributed by atoms with Crippen LogP contribution in [0.2, 0.25) is 5.02 Å². The number of carboxylic acid groups (broad SMARTS) is 1. The molecule has 27 heavy (non-hydrogen) atoms. The van der Waals surface area contributed by atoms with Crippen LogP contribution in [0, 0.1) is 5.92 Å². The molecule has 0 radical (unpaired) electrons. The number of aliphatic carboxylic acids is 1. The molecule has 0 amide bonds. The van der Waals surface area contributed by atoms with E-state index in [4.69, 9.17) is 16.3 Å². The number of hydrogen-bond acceptors (Lipinski definition) is 4. The van der Waals surface area contributed by atoms with Crippen LogP contribution in [0.1, 0.15) is 25.7 Å². The van der Waals surface area contributed by atoms with Crippen LogP contribution in [0.3, 0.4) is 0 Å². The quantitative estimate of drug-likeness (QED) is 0.750. The Balaban J connectivity index is 1.73. The standard InChI is InChI=1S/C19H20ClNO5S/c20-16-6-2-4-8-18(16)26-13-9-11-14(12-10-13)27(24,25)21-17-7-3-1-5-15(17)19(22)23/h2,4,6,8-12,15,17,21H,1,3,5,7H2,(H,22,23)/t15-,17-/m0/s1. The number of rotatable bonds is 6. The number of benzene rings is 2. The number of para-hydroxylation sites is 1. The monoisotopic (exact) mass is 409 g/mol. The Morgan fingerprint density at radius 1 is 1.07 bits per heavy atom. The Bertz CT molecular complexity index is 914. The van der Waals surface area contributed by atoms with Gasteiger partial charge in [0.05, 0.1) is 15.8 Å². The number of ether oxygens (including phenoxy) is 1. The Morgan fingerprint density at radius 3 is 2.41 bits per heavy atom. The second-order valence-electron chi connectivity index (χ2n) is 6.46. The first-order chi connectivity index (χ1) is 12.9. The van der Waals surface area contributed by atoms with Gasteiger partial charge in [-0.05, 0) is 49.2 Å².